The number of unbranched alkanes of at least 4 members (excludes halogenated alkanes) is 5. The van der Waals surface area contributed by atoms with Crippen LogP contribution in [-0.4, -0.2) is 26.3 Å². The van der Waals surface area contributed by atoms with E-state index < -0.39 is 0 Å². The van der Waals surface area contributed by atoms with Gasteiger partial charge in [0.1, 0.15) is 0 Å². The van der Waals surface area contributed by atoms with Gasteiger partial charge in [-0.3, -0.25) is 4.79 Å². The van der Waals surface area contributed by atoms with Gasteiger partial charge >= 0.3 is 5.97 Å². The maximum atomic E-state index is 10.9. The highest BCUT2D eigenvalue weighted by atomic mass is 16.5. The number of methoxy groups -OCH3 is 2. The second kappa shape index (κ2) is 11.5. The molecule has 0 fully saturated rings. The Labute approximate surface area is 112 Å². The Morgan fingerprint density at radius 2 is 1.50 bits per heavy atom. The van der Waals surface area contributed by atoms with Crippen LogP contribution in [0.3, 0.4) is 0 Å². The van der Waals surface area contributed by atoms with Gasteiger partial charge in [0.05, 0.1) is 13.2 Å². The summed E-state index contributed by atoms with van der Waals surface area (Å²) in [5.41, 5.74) is 0. The van der Waals surface area contributed by atoms with Crippen LogP contribution in [0, 0.1) is 5.92 Å². The van der Waals surface area contributed by atoms with E-state index in [2.05, 4.69) is 18.6 Å². The molecule has 3 nitrogen and oxygen atoms in total. The van der Waals surface area contributed by atoms with Crippen molar-refractivity contribution < 1.29 is 14.3 Å². The first kappa shape index (κ1) is 17.4. The number of hydrogen-bond donors (Lipinski definition) is 0. The van der Waals surface area contributed by atoms with Crippen molar-refractivity contribution >= 4 is 5.97 Å². The van der Waals surface area contributed by atoms with E-state index in [1.54, 1.807) is 7.11 Å². The Morgan fingerprint density at radius 3 is 2.06 bits per heavy atom. The van der Waals surface area contributed by atoms with Crippen molar-refractivity contribution in [3.8, 4) is 0 Å². The summed E-state index contributed by atoms with van der Waals surface area (Å²) in [5.74, 6) is 0.562. The van der Waals surface area contributed by atoms with Gasteiger partial charge in [0.2, 0.25) is 0 Å². The molecule has 0 N–H and O–H groups in total. The van der Waals surface area contributed by atoms with E-state index in [9.17, 15) is 4.79 Å². The van der Waals surface area contributed by atoms with Crippen molar-refractivity contribution in [3.63, 3.8) is 0 Å². The number of ether oxygens (including phenoxy) is 2. The van der Waals surface area contributed by atoms with Crippen LogP contribution in [0.5, 0.6) is 0 Å². The van der Waals surface area contributed by atoms with Gasteiger partial charge in [0.25, 0.3) is 0 Å². The third-order valence-electron chi connectivity index (χ3n) is 3.69. The van der Waals surface area contributed by atoms with Crippen molar-refractivity contribution in [2.45, 2.75) is 71.3 Å². The first-order chi connectivity index (χ1) is 8.61. The summed E-state index contributed by atoms with van der Waals surface area (Å²) in [4.78, 5) is 10.9. The van der Waals surface area contributed by atoms with Crippen LogP contribution in [0.1, 0.15) is 65.2 Å². The molecule has 2 atom stereocenters. The van der Waals surface area contributed by atoms with Gasteiger partial charge in [-0.1, -0.05) is 39.0 Å². The Kier molecular flexibility index (Phi) is 11.2. The summed E-state index contributed by atoms with van der Waals surface area (Å²) in [6.07, 6.45) is 9.36. The number of carbonyl (C=O) groups excluding carboxylic acids is 1. The van der Waals surface area contributed by atoms with E-state index in [4.69, 9.17) is 4.74 Å². The SMILES string of the molecule is COC(=O)CCCCCCCC[C@@H](C)[C@H](C)OC. The lowest BCUT2D eigenvalue weighted by atomic mass is 9.97. The molecule has 0 bridgehead atoms. The van der Waals surface area contributed by atoms with Crippen LogP contribution in [0.25, 0.3) is 0 Å². The summed E-state index contributed by atoms with van der Waals surface area (Å²) in [5, 5.41) is 0. The lowest BCUT2D eigenvalue weighted by Crippen LogP contribution is -2.15. The molecule has 0 aliphatic carbocycles. The molecule has 0 aromatic carbocycles. The lowest BCUT2D eigenvalue weighted by Gasteiger charge is -2.17. The zero-order valence-corrected chi connectivity index (χ0v) is 12.5. The zero-order valence-electron chi connectivity index (χ0n) is 12.5. The Hall–Kier alpha value is -0.570. The number of carbonyl (C=O) groups is 1. The molecular weight excluding hydrogens is 228 g/mol. The van der Waals surface area contributed by atoms with Crippen molar-refractivity contribution in [1.82, 2.24) is 0 Å². The lowest BCUT2D eigenvalue weighted by molar-refractivity contribution is -0.140. The first-order valence-corrected chi connectivity index (χ1v) is 7.21. The molecule has 0 rings (SSSR count). The van der Waals surface area contributed by atoms with Crippen LogP contribution in [-0.2, 0) is 14.3 Å². The fraction of sp³-hybridized carbons (Fsp3) is 0.933. The normalized spacial score (nSPS) is 14.2. The van der Waals surface area contributed by atoms with E-state index in [0.717, 1.165) is 12.8 Å². The Bertz CT molecular complexity index is 204. The standard InChI is InChI=1S/C15H30O3/c1-13(14(2)17-3)11-9-7-5-6-8-10-12-15(16)18-4/h13-14H,5-12H2,1-4H3/t13-,14+/m1/s1. The van der Waals surface area contributed by atoms with Gasteiger partial charge < -0.3 is 9.47 Å². The number of hydrogen-bond acceptors (Lipinski definition) is 3. The largest absolute Gasteiger partial charge is 0.469 e. The number of esters is 1. The van der Waals surface area contributed by atoms with Gasteiger partial charge in [0, 0.05) is 13.5 Å². The van der Waals surface area contributed by atoms with Crippen molar-refractivity contribution in [2.24, 2.45) is 5.92 Å². The predicted molar refractivity (Wildman–Crippen MR) is 74.6 cm³/mol. The molecule has 18 heavy (non-hydrogen) atoms. The minimum absolute atomic E-state index is 0.0858. The van der Waals surface area contributed by atoms with E-state index in [-0.39, 0.29) is 5.97 Å². The molecule has 0 heterocycles. The molecule has 0 aliphatic rings. The summed E-state index contributed by atoms with van der Waals surface area (Å²) in [6.45, 7) is 4.39. The van der Waals surface area contributed by atoms with Crippen molar-refractivity contribution in [1.29, 1.82) is 0 Å². The summed E-state index contributed by atoms with van der Waals surface area (Å²) in [6, 6.07) is 0. The highest BCUT2D eigenvalue weighted by molar-refractivity contribution is 5.68. The summed E-state index contributed by atoms with van der Waals surface area (Å²) >= 11 is 0. The maximum absolute atomic E-state index is 10.9. The molecular formula is C15H30O3. The van der Waals surface area contributed by atoms with E-state index in [1.165, 1.54) is 39.2 Å². The number of rotatable bonds is 11. The molecule has 0 spiro atoms. The average Bonchev–Trinajstić information content (AvgIpc) is 2.39. The second-order valence-corrected chi connectivity index (χ2v) is 5.15. The van der Waals surface area contributed by atoms with Gasteiger partial charge in [-0.15, -0.1) is 0 Å². The molecule has 0 unspecified atom stereocenters. The Morgan fingerprint density at radius 1 is 0.944 bits per heavy atom. The van der Waals surface area contributed by atoms with Gasteiger partial charge in [-0.2, -0.15) is 0 Å². The molecule has 0 aromatic heterocycles. The monoisotopic (exact) mass is 258 g/mol. The van der Waals surface area contributed by atoms with Crippen LogP contribution >= 0.6 is 0 Å². The molecule has 0 aliphatic heterocycles. The molecule has 3 heteroatoms. The van der Waals surface area contributed by atoms with Gasteiger partial charge in [-0.05, 0) is 25.7 Å². The molecule has 108 valence electrons. The second-order valence-electron chi connectivity index (χ2n) is 5.15. The van der Waals surface area contributed by atoms with Crippen molar-refractivity contribution in [2.75, 3.05) is 14.2 Å². The fourth-order valence-electron chi connectivity index (χ4n) is 2.01. The van der Waals surface area contributed by atoms with E-state index in [0.29, 0.717) is 18.4 Å². The highest BCUT2D eigenvalue weighted by Gasteiger charge is 2.09. The van der Waals surface area contributed by atoms with Crippen molar-refractivity contribution in [3.05, 3.63) is 0 Å². The highest BCUT2D eigenvalue weighted by Crippen LogP contribution is 2.16. The molecule has 0 saturated heterocycles. The maximum Gasteiger partial charge on any atom is 0.305 e. The molecule has 0 aromatic rings. The van der Waals surface area contributed by atoms with Crippen LogP contribution in [0.2, 0.25) is 0 Å². The van der Waals surface area contributed by atoms with E-state index >= 15 is 0 Å². The van der Waals surface area contributed by atoms with Gasteiger partial charge in [0.15, 0.2) is 0 Å². The fourth-order valence-corrected chi connectivity index (χ4v) is 2.01. The Balaban J connectivity index is 3.23. The molecule has 0 saturated carbocycles. The topological polar surface area (TPSA) is 35.5 Å². The van der Waals surface area contributed by atoms with Gasteiger partial charge in [-0.25, -0.2) is 0 Å². The summed E-state index contributed by atoms with van der Waals surface area (Å²) < 4.78 is 9.92. The summed E-state index contributed by atoms with van der Waals surface area (Å²) in [7, 11) is 3.23. The third kappa shape index (κ3) is 9.46. The minimum atomic E-state index is -0.0858. The van der Waals surface area contributed by atoms with E-state index in [1.807, 2.05) is 0 Å². The molecule has 0 radical (unpaired) electrons. The average molecular weight is 258 g/mol. The predicted octanol–water partition coefficient (Wildman–Crippen LogP) is 3.95. The smallest absolute Gasteiger partial charge is 0.305 e. The van der Waals surface area contributed by atoms with Crippen LogP contribution in [0.4, 0.5) is 0 Å². The minimum Gasteiger partial charge on any atom is -0.469 e. The zero-order chi connectivity index (χ0) is 13.8. The first-order valence-electron chi connectivity index (χ1n) is 7.21. The third-order valence-corrected chi connectivity index (χ3v) is 3.69. The van der Waals surface area contributed by atoms with Crippen LogP contribution < -0.4 is 0 Å². The van der Waals surface area contributed by atoms with Crippen LogP contribution in [0.15, 0.2) is 0 Å². The quantitative estimate of drug-likeness (QED) is 0.416. The molecule has 0 amide bonds.